The highest BCUT2D eigenvalue weighted by atomic mass is 127. The number of rotatable bonds is 4. The lowest BCUT2D eigenvalue weighted by Gasteiger charge is -2.49. The zero-order valence-electron chi connectivity index (χ0n) is 16.2. The van der Waals surface area contributed by atoms with Gasteiger partial charge in [-0.1, -0.05) is 22.6 Å². The van der Waals surface area contributed by atoms with Crippen LogP contribution in [0.3, 0.4) is 0 Å². The SMILES string of the molecule is C=Nc1c(N)c(N)c([C@@H]2C(N)[C@@H](c3c(N)c(N)c(N)c(N)c3N)[C@@H]2I)c(N=C)c1N. The third-order valence-electron chi connectivity index (χ3n) is 5.84. The summed E-state index contributed by atoms with van der Waals surface area (Å²) in [5.74, 6) is -0.532. The Labute approximate surface area is 187 Å². The van der Waals surface area contributed by atoms with Gasteiger partial charge >= 0.3 is 0 Å². The molecular formula is C18H26IN11. The Hall–Kier alpha value is -3.13. The average Bonchev–Trinajstić information content (AvgIpc) is 2.72. The van der Waals surface area contributed by atoms with Gasteiger partial charge in [0, 0.05) is 32.9 Å². The van der Waals surface area contributed by atoms with E-state index in [1.165, 1.54) is 0 Å². The quantitative estimate of drug-likeness (QED) is 0.120. The molecule has 1 unspecified atom stereocenters. The Balaban J connectivity index is 2.17. The standard InChI is InChI=1S/C18H26IN11/c1-29-17-6(11(23)15(27)18(30-2)16(17)28)4-7(19)3(8(4)20)5-9(21)12(24)14(26)13(25)10(5)22/h3-4,7-8H,1-2,20-28H2/t3-,4-,7-,8?/m0/s1. The summed E-state index contributed by atoms with van der Waals surface area (Å²) in [5, 5.41) is 0. The number of alkyl halides is 1. The first-order chi connectivity index (χ1) is 14.0. The normalized spacial score (nSPS) is 23.0. The van der Waals surface area contributed by atoms with Gasteiger partial charge < -0.3 is 51.6 Å². The molecule has 4 atom stereocenters. The minimum atomic E-state index is -0.455. The van der Waals surface area contributed by atoms with Crippen LogP contribution in [0.2, 0.25) is 0 Å². The number of hydrogen-bond acceptors (Lipinski definition) is 11. The van der Waals surface area contributed by atoms with E-state index in [1.54, 1.807) is 0 Å². The number of hydrogen-bond donors (Lipinski definition) is 9. The van der Waals surface area contributed by atoms with Gasteiger partial charge in [-0.2, -0.15) is 0 Å². The molecule has 2 aromatic rings. The summed E-state index contributed by atoms with van der Waals surface area (Å²) in [6.07, 6.45) is 0. The van der Waals surface area contributed by atoms with E-state index in [-0.39, 0.29) is 66.9 Å². The minimum absolute atomic E-state index is 0.103. The summed E-state index contributed by atoms with van der Waals surface area (Å²) < 4.78 is -0.103. The maximum Gasteiger partial charge on any atom is 0.112 e. The fourth-order valence-corrected chi connectivity index (χ4v) is 5.82. The summed E-state index contributed by atoms with van der Waals surface area (Å²) in [6.45, 7) is 7.10. The lowest BCUT2D eigenvalue weighted by molar-refractivity contribution is 0.317. The molecule has 1 aliphatic carbocycles. The van der Waals surface area contributed by atoms with Crippen LogP contribution < -0.4 is 51.6 Å². The molecular weight excluding hydrogens is 497 g/mol. The Morgan fingerprint density at radius 3 is 1.40 bits per heavy atom. The van der Waals surface area contributed by atoms with Crippen molar-refractivity contribution < 1.29 is 0 Å². The second-order valence-corrected chi connectivity index (χ2v) is 8.66. The molecule has 160 valence electrons. The van der Waals surface area contributed by atoms with Gasteiger partial charge in [-0.15, -0.1) is 0 Å². The largest absolute Gasteiger partial charge is 0.397 e. The molecule has 1 fully saturated rings. The van der Waals surface area contributed by atoms with Gasteiger partial charge in [-0.3, -0.25) is 9.98 Å². The van der Waals surface area contributed by atoms with Crippen LogP contribution in [0.5, 0.6) is 0 Å². The molecule has 0 amide bonds. The van der Waals surface area contributed by atoms with Crippen molar-refractivity contribution in [2.75, 3.05) is 45.9 Å². The van der Waals surface area contributed by atoms with Crippen molar-refractivity contribution in [2.24, 2.45) is 15.7 Å². The highest BCUT2D eigenvalue weighted by Crippen LogP contribution is 2.60. The van der Waals surface area contributed by atoms with E-state index in [1.807, 2.05) is 0 Å². The Morgan fingerprint density at radius 2 is 0.967 bits per heavy atom. The number of anilines is 8. The minimum Gasteiger partial charge on any atom is -0.397 e. The lowest BCUT2D eigenvalue weighted by atomic mass is 9.63. The van der Waals surface area contributed by atoms with E-state index in [0.717, 1.165) is 0 Å². The number of nitrogen functional groups attached to an aromatic ring is 8. The van der Waals surface area contributed by atoms with Gasteiger partial charge in [0.15, 0.2) is 0 Å². The second-order valence-electron chi connectivity index (χ2n) is 7.22. The van der Waals surface area contributed by atoms with Crippen LogP contribution in [0, 0.1) is 0 Å². The summed E-state index contributed by atoms with van der Waals surface area (Å²) >= 11 is 2.26. The van der Waals surface area contributed by atoms with Crippen molar-refractivity contribution in [3.05, 3.63) is 11.1 Å². The molecule has 1 aliphatic rings. The van der Waals surface area contributed by atoms with Crippen LogP contribution in [0.25, 0.3) is 0 Å². The van der Waals surface area contributed by atoms with Crippen molar-refractivity contribution in [2.45, 2.75) is 21.8 Å². The number of nitrogens with two attached hydrogens (primary N) is 9. The van der Waals surface area contributed by atoms with E-state index < -0.39 is 6.04 Å². The highest BCUT2D eigenvalue weighted by Gasteiger charge is 2.52. The van der Waals surface area contributed by atoms with Crippen molar-refractivity contribution in [3.8, 4) is 0 Å². The van der Waals surface area contributed by atoms with E-state index in [0.29, 0.717) is 16.8 Å². The molecule has 0 aliphatic heterocycles. The molecule has 1 saturated carbocycles. The maximum absolute atomic E-state index is 6.60. The smallest absolute Gasteiger partial charge is 0.112 e. The molecule has 0 heterocycles. The van der Waals surface area contributed by atoms with Gasteiger partial charge in [0.1, 0.15) is 5.69 Å². The van der Waals surface area contributed by atoms with Crippen LogP contribution in [0.4, 0.5) is 56.9 Å². The number of nitrogens with zero attached hydrogens (tertiary/aromatic N) is 2. The van der Waals surface area contributed by atoms with Crippen LogP contribution in [-0.4, -0.2) is 23.4 Å². The summed E-state index contributed by atoms with van der Waals surface area (Å²) in [7, 11) is 0. The predicted octanol–water partition coefficient (Wildman–Crippen LogP) is 1.02. The molecule has 11 nitrogen and oxygen atoms in total. The molecule has 0 saturated heterocycles. The van der Waals surface area contributed by atoms with Crippen LogP contribution in [0.1, 0.15) is 23.0 Å². The van der Waals surface area contributed by atoms with Crippen molar-refractivity contribution in [1.82, 2.24) is 0 Å². The van der Waals surface area contributed by atoms with E-state index in [4.69, 9.17) is 51.6 Å². The fraction of sp³-hybridized carbons (Fsp3) is 0.222. The Morgan fingerprint density at radius 1 is 0.567 bits per heavy atom. The molecule has 0 spiro atoms. The fourth-order valence-electron chi connectivity index (χ4n) is 4.14. The van der Waals surface area contributed by atoms with Gasteiger partial charge in [0.05, 0.1) is 51.2 Å². The zero-order valence-corrected chi connectivity index (χ0v) is 18.3. The van der Waals surface area contributed by atoms with Crippen LogP contribution >= 0.6 is 22.6 Å². The zero-order chi connectivity index (χ0) is 22.7. The first-order valence-electron chi connectivity index (χ1n) is 8.85. The topological polar surface area (TPSA) is 259 Å². The lowest BCUT2D eigenvalue weighted by Crippen LogP contribution is -2.54. The van der Waals surface area contributed by atoms with Crippen LogP contribution in [0.15, 0.2) is 9.98 Å². The van der Waals surface area contributed by atoms with Crippen molar-refractivity contribution in [1.29, 1.82) is 0 Å². The molecule has 0 radical (unpaired) electrons. The summed E-state index contributed by atoms with van der Waals surface area (Å²) in [5.41, 5.74) is 59.3. The van der Waals surface area contributed by atoms with Gasteiger partial charge in [-0.05, 0) is 13.4 Å². The summed E-state index contributed by atoms with van der Waals surface area (Å²) in [6, 6.07) is -0.455. The molecule has 2 aromatic carbocycles. The molecule has 0 bridgehead atoms. The highest BCUT2D eigenvalue weighted by molar-refractivity contribution is 14.1. The van der Waals surface area contributed by atoms with Gasteiger partial charge in [-0.25, -0.2) is 0 Å². The molecule has 12 heteroatoms. The molecule has 0 aromatic heterocycles. The van der Waals surface area contributed by atoms with Crippen molar-refractivity contribution in [3.63, 3.8) is 0 Å². The predicted molar refractivity (Wildman–Crippen MR) is 138 cm³/mol. The monoisotopic (exact) mass is 523 g/mol. The second kappa shape index (κ2) is 7.28. The van der Waals surface area contributed by atoms with Gasteiger partial charge in [0.25, 0.3) is 0 Å². The Kier molecular flexibility index (Phi) is 5.24. The molecule has 18 N–H and O–H groups in total. The molecule has 3 rings (SSSR count). The first kappa shape index (κ1) is 21.6. The average molecular weight is 523 g/mol. The summed E-state index contributed by atoms with van der Waals surface area (Å²) in [4.78, 5) is 7.92. The van der Waals surface area contributed by atoms with E-state index in [2.05, 4.69) is 46.0 Å². The number of benzene rings is 2. The van der Waals surface area contributed by atoms with Crippen LogP contribution in [-0.2, 0) is 0 Å². The maximum atomic E-state index is 6.60. The van der Waals surface area contributed by atoms with Gasteiger partial charge in [0.2, 0.25) is 0 Å². The number of halogens is 1. The van der Waals surface area contributed by atoms with E-state index in [9.17, 15) is 0 Å². The van der Waals surface area contributed by atoms with E-state index >= 15 is 0 Å². The number of aliphatic imine (C=N–C) groups is 2. The molecule has 30 heavy (non-hydrogen) atoms. The Bertz CT molecular complexity index is 1040. The first-order valence-corrected chi connectivity index (χ1v) is 10.1. The third-order valence-corrected chi connectivity index (χ3v) is 7.39. The van der Waals surface area contributed by atoms with Crippen molar-refractivity contribution >= 4 is 92.9 Å². The third kappa shape index (κ3) is 2.67.